The topological polar surface area (TPSA) is 62.0 Å². The Morgan fingerprint density at radius 1 is 0.952 bits per heavy atom. The van der Waals surface area contributed by atoms with Crippen LogP contribution >= 0.6 is 0 Å². The summed E-state index contributed by atoms with van der Waals surface area (Å²) in [5.41, 5.74) is 2.05. The van der Waals surface area contributed by atoms with Gasteiger partial charge in [-0.2, -0.15) is 0 Å². The summed E-state index contributed by atoms with van der Waals surface area (Å²) < 4.78 is 0. The minimum atomic E-state index is -0.246. The third-order valence-corrected chi connectivity index (χ3v) is 3.34. The molecule has 0 aliphatic rings. The fraction of sp³-hybridized carbons (Fsp3) is 0.0588. The number of ketones is 1. The lowest BCUT2D eigenvalue weighted by Gasteiger charge is -2.04. The molecule has 0 spiro atoms. The molecular weight excluding hydrogens is 264 g/mol. The van der Waals surface area contributed by atoms with E-state index in [2.05, 4.69) is 10.3 Å². The van der Waals surface area contributed by atoms with Crippen LogP contribution in [0, 0.1) is 0 Å². The molecule has 0 fully saturated rings. The van der Waals surface area contributed by atoms with Crippen LogP contribution in [-0.2, 0) is 0 Å². The highest BCUT2D eigenvalue weighted by Gasteiger charge is 2.13. The van der Waals surface area contributed by atoms with Crippen molar-refractivity contribution >= 4 is 22.6 Å². The molecule has 1 heterocycles. The molecule has 4 heteroatoms. The molecule has 0 aliphatic carbocycles. The molecule has 3 aromatic rings. The standard InChI is InChI=1S/C17H14N2O2/c20-16(11-19-17(21)12-6-2-1-3-7-12)14-10-18-15-9-5-4-8-13(14)15/h1-10,18H,11H2,(H,19,21). The molecule has 21 heavy (non-hydrogen) atoms. The van der Waals surface area contributed by atoms with E-state index in [1.807, 2.05) is 30.3 Å². The van der Waals surface area contributed by atoms with E-state index in [1.54, 1.807) is 30.5 Å². The van der Waals surface area contributed by atoms with Gasteiger partial charge in [0, 0.05) is 28.2 Å². The van der Waals surface area contributed by atoms with Gasteiger partial charge < -0.3 is 10.3 Å². The van der Waals surface area contributed by atoms with Crippen LogP contribution in [0.15, 0.2) is 60.8 Å². The summed E-state index contributed by atoms with van der Waals surface area (Å²) >= 11 is 0. The molecule has 0 unspecified atom stereocenters. The van der Waals surface area contributed by atoms with Gasteiger partial charge in [-0.25, -0.2) is 0 Å². The van der Waals surface area contributed by atoms with Gasteiger partial charge in [0.25, 0.3) is 5.91 Å². The van der Waals surface area contributed by atoms with Crippen LogP contribution in [0.4, 0.5) is 0 Å². The summed E-state index contributed by atoms with van der Waals surface area (Å²) in [6.45, 7) is -0.0183. The predicted octanol–water partition coefficient (Wildman–Crippen LogP) is 2.78. The van der Waals surface area contributed by atoms with Gasteiger partial charge in [-0.05, 0) is 18.2 Å². The van der Waals surface area contributed by atoms with E-state index in [0.717, 1.165) is 10.9 Å². The van der Waals surface area contributed by atoms with Gasteiger partial charge in [-0.15, -0.1) is 0 Å². The van der Waals surface area contributed by atoms with Crippen LogP contribution in [-0.4, -0.2) is 23.2 Å². The van der Waals surface area contributed by atoms with E-state index in [1.165, 1.54) is 0 Å². The normalized spacial score (nSPS) is 10.5. The number of carbonyl (C=O) groups is 2. The van der Waals surface area contributed by atoms with Crippen molar-refractivity contribution in [3.8, 4) is 0 Å². The number of aromatic amines is 1. The van der Waals surface area contributed by atoms with E-state index in [-0.39, 0.29) is 18.2 Å². The quantitative estimate of drug-likeness (QED) is 0.721. The number of hydrogen-bond acceptors (Lipinski definition) is 2. The molecule has 4 nitrogen and oxygen atoms in total. The fourth-order valence-electron chi connectivity index (χ4n) is 2.25. The first-order valence-electron chi connectivity index (χ1n) is 6.68. The lowest BCUT2D eigenvalue weighted by atomic mass is 10.1. The number of H-pyrrole nitrogens is 1. The van der Waals surface area contributed by atoms with Crippen LogP contribution in [0.3, 0.4) is 0 Å². The van der Waals surface area contributed by atoms with E-state index >= 15 is 0 Å². The number of para-hydroxylation sites is 1. The Bertz CT molecular complexity index is 791. The number of fused-ring (bicyclic) bond motifs is 1. The van der Waals surface area contributed by atoms with Crippen molar-refractivity contribution < 1.29 is 9.59 Å². The maximum Gasteiger partial charge on any atom is 0.251 e. The van der Waals surface area contributed by atoms with Crippen LogP contribution in [0.2, 0.25) is 0 Å². The highest BCUT2D eigenvalue weighted by molar-refractivity contribution is 6.10. The average Bonchev–Trinajstić information content (AvgIpc) is 2.97. The van der Waals surface area contributed by atoms with Crippen molar-refractivity contribution in [1.29, 1.82) is 0 Å². The summed E-state index contributed by atoms with van der Waals surface area (Å²) in [6, 6.07) is 16.4. The number of benzene rings is 2. The Kier molecular flexibility index (Phi) is 3.51. The van der Waals surface area contributed by atoms with E-state index < -0.39 is 0 Å². The molecular formula is C17H14N2O2. The van der Waals surface area contributed by atoms with Crippen molar-refractivity contribution in [2.24, 2.45) is 0 Å². The molecule has 0 saturated heterocycles. The largest absolute Gasteiger partial charge is 0.360 e. The lowest BCUT2D eigenvalue weighted by molar-refractivity contribution is 0.0904. The maximum absolute atomic E-state index is 12.2. The van der Waals surface area contributed by atoms with Gasteiger partial charge in [0.1, 0.15) is 0 Å². The number of Topliss-reactive ketones (excluding diaryl/α,β-unsaturated/α-hetero) is 1. The molecule has 0 atom stereocenters. The highest BCUT2D eigenvalue weighted by Crippen LogP contribution is 2.17. The van der Waals surface area contributed by atoms with E-state index in [0.29, 0.717) is 11.1 Å². The monoisotopic (exact) mass is 278 g/mol. The predicted molar refractivity (Wildman–Crippen MR) is 81.4 cm³/mol. The first-order chi connectivity index (χ1) is 10.3. The summed E-state index contributed by atoms with van der Waals surface area (Å²) in [5, 5.41) is 3.52. The molecule has 0 aliphatic heterocycles. The molecule has 3 rings (SSSR count). The SMILES string of the molecule is O=C(NCC(=O)c1c[nH]c2ccccc12)c1ccccc1. The zero-order chi connectivity index (χ0) is 14.7. The van der Waals surface area contributed by atoms with Gasteiger partial charge in [0.15, 0.2) is 5.78 Å². The van der Waals surface area contributed by atoms with Gasteiger partial charge in [-0.1, -0.05) is 36.4 Å². The zero-order valence-corrected chi connectivity index (χ0v) is 11.3. The molecule has 1 aromatic heterocycles. The molecule has 0 saturated carbocycles. The summed E-state index contributed by atoms with van der Waals surface area (Å²) in [5.74, 6) is -0.361. The lowest BCUT2D eigenvalue weighted by Crippen LogP contribution is -2.29. The van der Waals surface area contributed by atoms with E-state index in [9.17, 15) is 9.59 Å². The minimum Gasteiger partial charge on any atom is -0.360 e. The first kappa shape index (κ1) is 13.1. The smallest absolute Gasteiger partial charge is 0.251 e. The van der Waals surface area contributed by atoms with Gasteiger partial charge in [-0.3, -0.25) is 9.59 Å². The van der Waals surface area contributed by atoms with Crippen LogP contribution in [0.1, 0.15) is 20.7 Å². The second-order valence-electron chi connectivity index (χ2n) is 4.72. The molecule has 2 aromatic carbocycles. The number of amides is 1. The minimum absolute atomic E-state index is 0.0183. The molecule has 0 radical (unpaired) electrons. The number of aromatic nitrogens is 1. The summed E-state index contributed by atoms with van der Waals surface area (Å²) in [4.78, 5) is 27.2. The van der Waals surface area contributed by atoms with Crippen molar-refractivity contribution in [3.63, 3.8) is 0 Å². The Morgan fingerprint density at radius 3 is 2.48 bits per heavy atom. The number of nitrogens with one attached hydrogen (secondary N) is 2. The van der Waals surface area contributed by atoms with E-state index in [4.69, 9.17) is 0 Å². The first-order valence-corrected chi connectivity index (χ1v) is 6.68. The molecule has 0 bridgehead atoms. The molecule has 2 N–H and O–H groups in total. The summed E-state index contributed by atoms with van der Waals surface area (Å²) in [7, 11) is 0. The number of carbonyl (C=O) groups excluding carboxylic acids is 2. The Morgan fingerprint density at radius 2 is 1.67 bits per heavy atom. The second kappa shape index (κ2) is 5.63. The van der Waals surface area contributed by atoms with Crippen molar-refractivity contribution in [2.75, 3.05) is 6.54 Å². The Hall–Kier alpha value is -2.88. The number of hydrogen-bond donors (Lipinski definition) is 2. The van der Waals surface area contributed by atoms with Crippen LogP contribution in [0.5, 0.6) is 0 Å². The Balaban J connectivity index is 1.71. The third kappa shape index (κ3) is 2.69. The number of rotatable bonds is 4. The summed E-state index contributed by atoms with van der Waals surface area (Å²) in [6.07, 6.45) is 1.68. The van der Waals surface area contributed by atoms with Gasteiger partial charge >= 0.3 is 0 Å². The van der Waals surface area contributed by atoms with Crippen molar-refractivity contribution in [2.45, 2.75) is 0 Å². The van der Waals surface area contributed by atoms with Crippen LogP contribution in [0.25, 0.3) is 10.9 Å². The fourth-order valence-corrected chi connectivity index (χ4v) is 2.25. The second-order valence-corrected chi connectivity index (χ2v) is 4.72. The van der Waals surface area contributed by atoms with Crippen molar-refractivity contribution in [3.05, 3.63) is 71.9 Å². The third-order valence-electron chi connectivity index (χ3n) is 3.34. The van der Waals surface area contributed by atoms with Gasteiger partial charge in [0.2, 0.25) is 0 Å². The molecule has 104 valence electrons. The van der Waals surface area contributed by atoms with Crippen molar-refractivity contribution in [1.82, 2.24) is 10.3 Å². The van der Waals surface area contributed by atoms with Gasteiger partial charge in [0.05, 0.1) is 6.54 Å². The maximum atomic E-state index is 12.2. The highest BCUT2D eigenvalue weighted by atomic mass is 16.2. The van der Waals surface area contributed by atoms with Crippen LogP contribution < -0.4 is 5.32 Å². The molecule has 1 amide bonds. The zero-order valence-electron chi connectivity index (χ0n) is 11.3. The Labute approximate surface area is 121 Å². The average molecular weight is 278 g/mol.